The minimum Gasteiger partial charge on any atom is -0.461 e. The van der Waals surface area contributed by atoms with Crippen molar-refractivity contribution in [2.75, 3.05) is 6.61 Å². The molecule has 0 radical (unpaired) electrons. The van der Waals surface area contributed by atoms with Crippen LogP contribution in [0.3, 0.4) is 0 Å². The predicted molar refractivity (Wildman–Crippen MR) is 118 cm³/mol. The molecule has 2 aliphatic carbocycles. The molecule has 4 fully saturated rings. The topological polar surface area (TPSA) is 122 Å². The second kappa shape index (κ2) is 7.35. The van der Waals surface area contributed by atoms with Crippen LogP contribution in [-0.4, -0.2) is 54.1 Å². The molecule has 0 aromatic carbocycles. The van der Waals surface area contributed by atoms with Gasteiger partial charge in [0.1, 0.15) is 18.3 Å². The SMILES string of the molecule is CC(=O)OCC1=C2CC(=O)OC(C)(C)C2=CC(=O)[C@]2(C)[C@@H]3C(=O)[C@@H](C)O[C@@H]4OC(=O)[C@](C)(C[C@@H]12)[C@@H]43. The minimum atomic E-state index is -1.27. The van der Waals surface area contributed by atoms with Gasteiger partial charge in [-0.15, -0.1) is 0 Å². The van der Waals surface area contributed by atoms with Crippen LogP contribution in [-0.2, 0) is 42.9 Å². The van der Waals surface area contributed by atoms with Crippen molar-refractivity contribution in [1.29, 1.82) is 0 Å². The van der Waals surface area contributed by atoms with Crippen molar-refractivity contribution >= 4 is 29.5 Å². The maximum absolute atomic E-state index is 14.1. The van der Waals surface area contributed by atoms with Gasteiger partial charge in [0.05, 0.1) is 11.8 Å². The van der Waals surface area contributed by atoms with Crippen LogP contribution in [0.4, 0.5) is 0 Å². The largest absolute Gasteiger partial charge is 0.461 e. The summed E-state index contributed by atoms with van der Waals surface area (Å²) in [7, 11) is 0. The molecule has 0 unspecified atom stereocenters. The number of ketones is 2. The van der Waals surface area contributed by atoms with Gasteiger partial charge in [0.15, 0.2) is 11.6 Å². The molecule has 0 spiro atoms. The molecule has 188 valence electrons. The Labute approximate surface area is 203 Å². The molecular weight excluding hydrogens is 456 g/mol. The first-order valence-corrected chi connectivity index (χ1v) is 12.0. The Morgan fingerprint density at radius 3 is 2.49 bits per heavy atom. The Morgan fingerprint density at radius 2 is 1.83 bits per heavy atom. The van der Waals surface area contributed by atoms with Crippen molar-refractivity contribution in [2.24, 2.45) is 28.6 Å². The summed E-state index contributed by atoms with van der Waals surface area (Å²) in [6, 6.07) is 0. The maximum Gasteiger partial charge on any atom is 0.314 e. The van der Waals surface area contributed by atoms with Gasteiger partial charge >= 0.3 is 17.9 Å². The summed E-state index contributed by atoms with van der Waals surface area (Å²) in [5.41, 5.74) is -1.77. The molecule has 5 aliphatic rings. The van der Waals surface area contributed by atoms with E-state index in [0.29, 0.717) is 16.7 Å². The highest BCUT2D eigenvalue weighted by molar-refractivity contribution is 6.04. The molecular formula is C26H30O9. The van der Waals surface area contributed by atoms with E-state index in [-0.39, 0.29) is 31.0 Å². The van der Waals surface area contributed by atoms with Gasteiger partial charge in [0.2, 0.25) is 6.29 Å². The molecule has 0 aromatic heterocycles. The lowest BCUT2D eigenvalue weighted by atomic mass is 9.46. The molecule has 3 heterocycles. The Hall–Kier alpha value is -2.81. The van der Waals surface area contributed by atoms with Crippen molar-refractivity contribution in [3.8, 4) is 0 Å². The van der Waals surface area contributed by atoms with E-state index in [4.69, 9.17) is 18.9 Å². The molecule has 0 N–H and O–H groups in total. The van der Waals surface area contributed by atoms with E-state index in [1.54, 1.807) is 34.6 Å². The zero-order chi connectivity index (χ0) is 25.7. The molecule has 5 rings (SSSR count). The van der Waals surface area contributed by atoms with Crippen LogP contribution in [0.1, 0.15) is 54.4 Å². The highest BCUT2D eigenvalue weighted by Crippen LogP contribution is 2.65. The predicted octanol–water partition coefficient (Wildman–Crippen LogP) is 2.22. The van der Waals surface area contributed by atoms with E-state index in [2.05, 4.69) is 0 Å². The number of esters is 3. The summed E-state index contributed by atoms with van der Waals surface area (Å²) in [4.78, 5) is 65.4. The first kappa shape index (κ1) is 23.9. The summed E-state index contributed by atoms with van der Waals surface area (Å²) in [6.07, 6.45) is -0.202. The summed E-state index contributed by atoms with van der Waals surface area (Å²) in [5, 5.41) is 0. The van der Waals surface area contributed by atoms with Crippen molar-refractivity contribution in [3.63, 3.8) is 0 Å². The Balaban J connectivity index is 1.78. The second-order valence-corrected chi connectivity index (χ2v) is 11.3. The molecule has 7 atom stereocenters. The normalized spacial score (nSPS) is 41.7. The number of carbonyl (C=O) groups excluding carboxylic acids is 5. The van der Waals surface area contributed by atoms with Crippen molar-refractivity contribution in [3.05, 3.63) is 22.8 Å². The van der Waals surface area contributed by atoms with E-state index in [9.17, 15) is 24.0 Å². The van der Waals surface area contributed by atoms with Crippen LogP contribution in [0, 0.1) is 28.6 Å². The lowest BCUT2D eigenvalue weighted by molar-refractivity contribution is -0.218. The van der Waals surface area contributed by atoms with Gasteiger partial charge in [0.25, 0.3) is 0 Å². The van der Waals surface area contributed by atoms with Gasteiger partial charge in [-0.3, -0.25) is 24.0 Å². The average molecular weight is 487 g/mol. The third-order valence-corrected chi connectivity index (χ3v) is 8.83. The quantitative estimate of drug-likeness (QED) is 0.427. The van der Waals surface area contributed by atoms with Gasteiger partial charge in [-0.05, 0) is 57.3 Å². The summed E-state index contributed by atoms with van der Waals surface area (Å²) in [6.45, 7) is 9.62. The van der Waals surface area contributed by atoms with E-state index >= 15 is 0 Å². The Bertz CT molecular complexity index is 1140. The number of carbonyl (C=O) groups is 5. The van der Waals surface area contributed by atoms with Crippen molar-refractivity contribution in [1.82, 2.24) is 0 Å². The molecule has 9 heteroatoms. The second-order valence-electron chi connectivity index (χ2n) is 11.3. The zero-order valence-corrected chi connectivity index (χ0v) is 20.8. The van der Waals surface area contributed by atoms with Crippen LogP contribution in [0.2, 0.25) is 0 Å². The molecule has 1 saturated carbocycles. The molecule has 3 saturated heterocycles. The van der Waals surface area contributed by atoms with Gasteiger partial charge < -0.3 is 18.9 Å². The van der Waals surface area contributed by atoms with Crippen molar-refractivity contribution in [2.45, 2.75) is 72.4 Å². The number of rotatable bonds is 2. The molecule has 0 bridgehead atoms. The zero-order valence-electron chi connectivity index (χ0n) is 20.8. The Kier molecular flexibility index (Phi) is 5.02. The van der Waals surface area contributed by atoms with Gasteiger partial charge in [-0.25, -0.2) is 0 Å². The maximum atomic E-state index is 14.1. The molecule has 0 amide bonds. The van der Waals surface area contributed by atoms with Crippen LogP contribution < -0.4 is 0 Å². The summed E-state index contributed by atoms with van der Waals surface area (Å²) in [5.74, 6) is -4.14. The van der Waals surface area contributed by atoms with Gasteiger partial charge in [-0.2, -0.15) is 0 Å². The van der Waals surface area contributed by atoms with Gasteiger partial charge in [-0.1, -0.05) is 6.92 Å². The fraction of sp³-hybridized carbons (Fsp3) is 0.654. The van der Waals surface area contributed by atoms with Crippen LogP contribution in [0.15, 0.2) is 22.8 Å². The van der Waals surface area contributed by atoms with Crippen molar-refractivity contribution < 1.29 is 42.9 Å². The number of fused-ring (bicyclic) bond motifs is 3. The molecule has 9 nitrogen and oxygen atoms in total. The smallest absolute Gasteiger partial charge is 0.314 e. The average Bonchev–Trinajstić information content (AvgIpc) is 2.93. The lowest BCUT2D eigenvalue weighted by Crippen LogP contribution is -2.63. The lowest BCUT2D eigenvalue weighted by Gasteiger charge is -2.55. The van der Waals surface area contributed by atoms with Crippen LogP contribution in [0.5, 0.6) is 0 Å². The molecule has 35 heavy (non-hydrogen) atoms. The highest BCUT2D eigenvalue weighted by atomic mass is 16.7. The number of hydrogen-bond donors (Lipinski definition) is 0. The first-order valence-electron chi connectivity index (χ1n) is 12.0. The standard InChI is InChI=1S/C26H30O9/c1-11-21(30)19-20-22(33-11)34-23(31)25(20,5)9-16-14(10-32-12(2)27)13-7-18(29)35-24(3,4)15(13)8-17(28)26(16,19)6/h8,11,16,19-20,22H,7,9-10H2,1-6H3/t11-,16+,19+,20-,22-,25-,26-/m1/s1. The fourth-order valence-corrected chi connectivity index (χ4v) is 7.03. The Morgan fingerprint density at radius 1 is 1.14 bits per heavy atom. The molecule has 3 aliphatic heterocycles. The fourth-order valence-electron chi connectivity index (χ4n) is 7.03. The number of hydrogen-bond acceptors (Lipinski definition) is 9. The third kappa shape index (κ3) is 3.13. The summed E-state index contributed by atoms with van der Waals surface area (Å²) < 4.78 is 22.4. The minimum absolute atomic E-state index is 0.100. The van der Waals surface area contributed by atoms with E-state index < -0.39 is 64.5 Å². The first-order chi connectivity index (χ1) is 16.2. The van der Waals surface area contributed by atoms with E-state index in [1.807, 2.05) is 0 Å². The van der Waals surface area contributed by atoms with Crippen LogP contribution >= 0.6 is 0 Å². The highest BCUT2D eigenvalue weighted by Gasteiger charge is 2.73. The number of allylic oxidation sites excluding steroid dienone is 1. The summed E-state index contributed by atoms with van der Waals surface area (Å²) >= 11 is 0. The van der Waals surface area contributed by atoms with Crippen LogP contribution in [0.25, 0.3) is 0 Å². The monoisotopic (exact) mass is 486 g/mol. The number of cyclic esters (lactones) is 1. The molecule has 0 aromatic rings. The number of ether oxygens (including phenoxy) is 4. The van der Waals surface area contributed by atoms with Gasteiger partial charge in [0, 0.05) is 29.7 Å². The number of Topliss-reactive ketones (excluding diaryl/α,β-unsaturated/α-hetero) is 1. The third-order valence-electron chi connectivity index (χ3n) is 8.83. The van der Waals surface area contributed by atoms with E-state index in [1.165, 1.54) is 13.0 Å². The van der Waals surface area contributed by atoms with E-state index in [0.717, 1.165) is 0 Å².